The minimum Gasteiger partial charge on any atom is -0.456 e. The van der Waals surface area contributed by atoms with Crippen LogP contribution in [-0.2, 0) is 0 Å². The van der Waals surface area contributed by atoms with Crippen LogP contribution < -0.4 is 0 Å². The number of halogens is 2. The zero-order valence-electron chi connectivity index (χ0n) is 21.9. The van der Waals surface area contributed by atoms with Crippen LogP contribution in [0.15, 0.2) is 114 Å². The number of benzene rings is 5. The molecule has 198 valence electrons. The summed E-state index contributed by atoms with van der Waals surface area (Å²) in [5.74, 6) is -1.86. The van der Waals surface area contributed by atoms with Gasteiger partial charge in [0.25, 0.3) is 0 Å². The molecule has 3 nitrogen and oxygen atoms in total. The van der Waals surface area contributed by atoms with Gasteiger partial charge >= 0.3 is 0 Å². The molecule has 0 aliphatic rings. The topological polar surface area (TPSA) is 38.9 Å². The fourth-order valence-electron chi connectivity index (χ4n) is 6.01. The first kappa shape index (κ1) is 23.5. The number of fused-ring (bicyclic) bond motifs is 9. The van der Waals surface area contributed by atoms with Crippen LogP contribution in [0.4, 0.5) is 8.78 Å². The van der Waals surface area contributed by atoms with Crippen molar-refractivity contribution in [2.45, 2.75) is 0 Å². The molecule has 0 spiro atoms. The summed E-state index contributed by atoms with van der Waals surface area (Å²) in [6.45, 7) is 0. The van der Waals surface area contributed by atoms with Crippen LogP contribution in [0.1, 0.15) is 0 Å². The van der Waals surface area contributed by atoms with Crippen molar-refractivity contribution in [3.8, 4) is 22.3 Å². The average molecular weight is 565 g/mol. The van der Waals surface area contributed by atoms with Gasteiger partial charge in [-0.2, -0.15) is 0 Å². The first-order chi connectivity index (χ1) is 20.6. The van der Waals surface area contributed by atoms with Gasteiger partial charge in [-0.15, -0.1) is 11.3 Å². The van der Waals surface area contributed by atoms with E-state index < -0.39 is 11.6 Å². The predicted octanol–water partition coefficient (Wildman–Crippen LogP) is 10.7. The summed E-state index contributed by atoms with van der Waals surface area (Å²) in [5.41, 5.74) is 5.35. The lowest BCUT2D eigenvalue weighted by molar-refractivity contribution is 0.525. The maximum absolute atomic E-state index is 15.7. The summed E-state index contributed by atoms with van der Waals surface area (Å²) in [6, 6.07) is 31.4. The van der Waals surface area contributed by atoms with Crippen molar-refractivity contribution < 1.29 is 13.2 Å². The maximum atomic E-state index is 15.7. The van der Waals surface area contributed by atoms with Crippen molar-refractivity contribution >= 4 is 75.3 Å². The lowest BCUT2D eigenvalue weighted by Crippen LogP contribution is -1.96. The Labute approximate surface area is 241 Å². The number of rotatable bonds is 2. The summed E-state index contributed by atoms with van der Waals surface area (Å²) in [4.78, 5) is 9.21. The molecule has 42 heavy (non-hydrogen) atoms. The van der Waals surface area contributed by atoms with Crippen LogP contribution in [0.2, 0.25) is 0 Å². The number of aromatic nitrogens is 2. The van der Waals surface area contributed by atoms with Crippen molar-refractivity contribution in [1.82, 2.24) is 9.97 Å². The fraction of sp³-hybridized carbons (Fsp3) is 0. The Morgan fingerprint density at radius 3 is 1.76 bits per heavy atom. The molecule has 0 saturated heterocycles. The minimum absolute atomic E-state index is 0.0982. The Balaban J connectivity index is 1.19. The molecule has 4 heterocycles. The number of thiophene rings is 1. The molecule has 0 aliphatic heterocycles. The minimum atomic E-state index is -0.931. The summed E-state index contributed by atoms with van der Waals surface area (Å²) in [5, 5.41) is 4.47. The summed E-state index contributed by atoms with van der Waals surface area (Å²) >= 11 is 1.74. The number of para-hydroxylation sites is 1. The molecule has 9 rings (SSSR count). The van der Waals surface area contributed by atoms with Gasteiger partial charge in [-0.05, 0) is 59.7 Å². The van der Waals surface area contributed by atoms with E-state index in [9.17, 15) is 0 Å². The quantitative estimate of drug-likeness (QED) is 0.196. The lowest BCUT2D eigenvalue weighted by atomic mass is 9.99. The highest BCUT2D eigenvalue weighted by atomic mass is 32.1. The second-order valence-electron chi connectivity index (χ2n) is 10.5. The molecule has 0 saturated carbocycles. The molecule has 0 atom stereocenters. The highest BCUT2D eigenvalue weighted by molar-refractivity contribution is 7.25. The van der Waals surface area contributed by atoms with Crippen LogP contribution in [0, 0.1) is 11.6 Å². The average Bonchev–Trinajstić information content (AvgIpc) is 3.60. The van der Waals surface area contributed by atoms with Gasteiger partial charge in [0.05, 0.1) is 11.0 Å². The van der Waals surface area contributed by atoms with Gasteiger partial charge in [0, 0.05) is 65.2 Å². The number of nitrogens with zero attached hydrogens (tertiary/aromatic N) is 2. The molecule has 0 amide bonds. The normalized spacial score (nSPS) is 12.0. The van der Waals surface area contributed by atoms with Gasteiger partial charge in [0.15, 0.2) is 11.6 Å². The van der Waals surface area contributed by atoms with E-state index in [0.29, 0.717) is 16.6 Å². The van der Waals surface area contributed by atoms with Crippen molar-refractivity contribution in [3.63, 3.8) is 0 Å². The third-order valence-corrected chi connectivity index (χ3v) is 9.24. The second kappa shape index (κ2) is 8.65. The Kier molecular flexibility index (Phi) is 4.84. The first-order valence-corrected chi connectivity index (χ1v) is 14.3. The molecule has 0 bridgehead atoms. The van der Waals surface area contributed by atoms with E-state index in [1.165, 1.54) is 14.8 Å². The third kappa shape index (κ3) is 3.36. The van der Waals surface area contributed by atoms with Crippen molar-refractivity contribution in [1.29, 1.82) is 0 Å². The van der Waals surface area contributed by atoms with Crippen LogP contribution in [0.5, 0.6) is 0 Å². The SMILES string of the molecule is Fc1c(F)c2cc(-c3ccc4sc5ccccc5c4c3)cnc2c2ncc(-c3ccc4oc5ccccc5c4c3)cc12. The zero-order valence-corrected chi connectivity index (χ0v) is 22.7. The Morgan fingerprint density at radius 1 is 0.476 bits per heavy atom. The molecule has 0 unspecified atom stereocenters. The van der Waals surface area contributed by atoms with E-state index in [4.69, 9.17) is 4.42 Å². The monoisotopic (exact) mass is 564 g/mol. The number of hydrogen-bond acceptors (Lipinski definition) is 4. The van der Waals surface area contributed by atoms with Crippen molar-refractivity contribution in [3.05, 3.63) is 121 Å². The molecule has 0 fully saturated rings. The molecule has 0 radical (unpaired) electrons. The molecule has 6 heteroatoms. The highest BCUT2D eigenvalue weighted by Gasteiger charge is 2.19. The highest BCUT2D eigenvalue weighted by Crippen LogP contribution is 2.38. The van der Waals surface area contributed by atoms with Gasteiger partial charge < -0.3 is 4.42 Å². The van der Waals surface area contributed by atoms with Gasteiger partial charge in [0.2, 0.25) is 0 Å². The molecule has 5 aromatic carbocycles. The molecule has 9 aromatic rings. The van der Waals surface area contributed by atoms with E-state index in [0.717, 1.165) is 44.0 Å². The van der Waals surface area contributed by atoms with Crippen LogP contribution >= 0.6 is 11.3 Å². The van der Waals surface area contributed by atoms with E-state index in [2.05, 4.69) is 34.2 Å². The second-order valence-corrected chi connectivity index (χ2v) is 11.6. The molecule has 0 aliphatic carbocycles. The standard InChI is InChI=1S/C36H18F2N2OS/c37-33-27-15-21(19-9-11-30-25(13-19)23-5-1-3-7-29(23)41-30)17-39-35(27)36-28(34(33)38)16-22(18-40-36)20-10-12-32-26(14-20)24-6-2-4-8-31(24)42-32/h1-18H. The van der Waals surface area contributed by atoms with Crippen LogP contribution in [0.3, 0.4) is 0 Å². The van der Waals surface area contributed by atoms with Crippen LogP contribution in [-0.4, -0.2) is 9.97 Å². The summed E-state index contributed by atoms with van der Waals surface area (Å²) in [7, 11) is 0. The predicted molar refractivity (Wildman–Crippen MR) is 168 cm³/mol. The third-order valence-electron chi connectivity index (χ3n) is 8.09. The molecular weight excluding hydrogens is 546 g/mol. The van der Waals surface area contributed by atoms with Crippen molar-refractivity contribution in [2.24, 2.45) is 0 Å². The van der Waals surface area contributed by atoms with E-state index in [1.54, 1.807) is 35.9 Å². The summed E-state index contributed by atoms with van der Waals surface area (Å²) in [6.07, 6.45) is 3.40. The first-order valence-electron chi connectivity index (χ1n) is 13.5. The Morgan fingerprint density at radius 2 is 1.02 bits per heavy atom. The molecule has 4 aromatic heterocycles. The van der Waals surface area contributed by atoms with E-state index in [1.807, 2.05) is 60.7 Å². The number of hydrogen-bond donors (Lipinski definition) is 0. The zero-order chi connectivity index (χ0) is 27.9. The van der Waals surface area contributed by atoms with Gasteiger partial charge in [-0.25, -0.2) is 8.78 Å². The van der Waals surface area contributed by atoms with Crippen LogP contribution in [0.25, 0.3) is 86.2 Å². The molecule has 0 N–H and O–H groups in total. The van der Waals surface area contributed by atoms with Gasteiger partial charge in [0.1, 0.15) is 11.2 Å². The van der Waals surface area contributed by atoms with Gasteiger partial charge in [-0.3, -0.25) is 9.97 Å². The summed E-state index contributed by atoms with van der Waals surface area (Å²) < 4.78 is 39.6. The Bertz CT molecular complexity index is 2390. The maximum Gasteiger partial charge on any atom is 0.169 e. The van der Waals surface area contributed by atoms with Crippen molar-refractivity contribution in [2.75, 3.05) is 0 Å². The number of furan rings is 1. The van der Waals surface area contributed by atoms with E-state index >= 15 is 8.78 Å². The number of pyridine rings is 2. The fourth-order valence-corrected chi connectivity index (χ4v) is 7.09. The molecular formula is C36H18F2N2OS. The lowest BCUT2D eigenvalue weighted by Gasteiger charge is -2.10. The largest absolute Gasteiger partial charge is 0.456 e. The van der Waals surface area contributed by atoms with Gasteiger partial charge in [-0.1, -0.05) is 48.5 Å². The van der Waals surface area contributed by atoms with E-state index in [-0.39, 0.29) is 10.8 Å². The Hall–Kier alpha value is -5.20. The smallest absolute Gasteiger partial charge is 0.169 e.